The highest BCUT2D eigenvalue weighted by Crippen LogP contribution is 2.29. The molecule has 7 heteroatoms. The Kier molecular flexibility index (Phi) is 6.26. The third-order valence-electron chi connectivity index (χ3n) is 4.02. The zero-order valence-corrected chi connectivity index (χ0v) is 16.3. The van der Waals surface area contributed by atoms with Crippen molar-refractivity contribution in [1.29, 1.82) is 0 Å². The van der Waals surface area contributed by atoms with E-state index in [1.807, 2.05) is 32.9 Å². The fraction of sp³-hybridized carbons (Fsp3) is 0.286. The van der Waals surface area contributed by atoms with Crippen molar-refractivity contribution in [3.63, 3.8) is 0 Å². The van der Waals surface area contributed by atoms with Crippen LogP contribution >= 0.6 is 0 Å². The number of nitrogens with zero attached hydrogens (tertiary/aromatic N) is 3. The SMILES string of the molecule is CCOc1cc(C(=O)Nc2ccnn2C(C)C)ccc1OCc1cccnc1. The molecule has 146 valence electrons. The van der Waals surface area contributed by atoms with Crippen molar-refractivity contribution < 1.29 is 14.3 Å². The minimum atomic E-state index is -0.234. The van der Waals surface area contributed by atoms with E-state index in [0.29, 0.717) is 36.1 Å². The molecule has 3 rings (SSSR count). The largest absolute Gasteiger partial charge is 0.490 e. The van der Waals surface area contributed by atoms with Crippen LogP contribution in [0.5, 0.6) is 11.5 Å². The second-order valence-electron chi connectivity index (χ2n) is 6.45. The van der Waals surface area contributed by atoms with Gasteiger partial charge in [-0.2, -0.15) is 5.10 Å². The van der Waals surface area contributed by atoms with Gasteiger partial charge in [-0.15, -0.1) is 0 Å². The van der Waals surface area contributed by atoms with Crippen LogP contribution < -0.4 is 14.8 Å². The minimum absolute atomic E-state index is 0.146. The second kappa shape index (κ2) is 9.03. The minimum Gasteiger partial charge on any atom is -0.490 e. The molecule has 0 bridgehead atoms. The van der Waals surface area contributed by atoms with Gasteiger partial charge in [0.05, 0.1) is 12.8 Å². The Bertz CT molecular complexity index is 922. The maximum atomic E-state index is 12.7. The van der Waals surface area contributed by atoms with Gasteiger partial charge in [0.2, 0.25) is 0 Å². The van der Waals surface area contributed by atoms with E-state index in [0.717, 1.165) is 5.56 Å². The summed E-state index contributed by atoms with van der Waals surface area (Å²) in [4.78, 5) is 16.8. The van der Waals surface area contributed by atoms with Gasteiger partial charge in [0.25, 0.3) is 5.91 Å². The van der Waals surface area contributed by atoms with E-state index in [1.165, 1.54) is 0 Å². The first-order chi connectivity index (χ1) is 13.6. The molecule has 0 aliphatic carbocycles. The van der Waals surface area contributed by atoms with E-state index < -0.39 is 0 Å². The van der Waals surface area contributed by atoms with Crippen molar-refractivity contribution in [2.75, 3.05) is 11.9 Å². The molecule has 0 atom stereocenters. The summed E-state index contributed by atoms with van der Waals surface area (Å²) in [5.41, 5.74) is 1.43. The number of rotatable bonds is 8. The standard InChI is InChI=1S/C21H24N4O3/c1-4-27-19-12-17(21(26)24-20-9-11-23-25(20)15(2)3)7-8-18(19)28-14-16-6-5-10-22-13-16/h5-13,15H,4,14H2,1-3H3,(H,24,26). The topological polar surface area (TPSA) is 78.3 Å². The zero-order valence-electron chi connectivity index (χ0n) is 16.3. The van der Waals surface area contributed by atoms with Crippen molar-refractivity contribution in [1.82, 2.24) is 14.8 Å². The quantitative estimate of drug-likeness (QED) is 0.637. The molecule has 3 aromatic rings. The smallest absolute Gasteiger partial charge is 0.256 e. The Morgan fingerprint density at radius 3 is 2.71 bits per heavy atom. The Balaban J connectivity index is 1.75. The fourth-order valence-corrected chi connectivity index (χ4v) is 2.69. The molecule has 28 heavy (non-hydrogen) atoms. The number of carbonyl (C=O) groups excluding carboxylic acids is 1. The number of carbonyl (C=O) groups is 1. The van der Waals surface area contributed by atoms with Gasteiger partial charge in [-0.05, 0) is 45.0 Å². The Morgan fingerprint density at radius 1 is 1.14 bits per heavy atom. The molecule has 0 fully saturated rings. The first kappa shape index (κ1) is 19.4. The number of pyridine rings is 1. The highest BCUT2D eigenvalue weighted by atomic mass is 16.5. The van der Waals surface area contributed by atoms with Crippen LogP contribution in [0, 0.1) is 0 Å². The van der Waals surface area contributed by atoms with Crippen LogP contribution in [0.15, 0.2) is 55.0 Å². The Labute approximate surface area is 164 Å². The Morgan fingerprint density at radius 2 is 2.00 bits per heavy atom. The van der Waals surface area contributed by atoms with Crippen LogP contribution in [0.1, 0.15) is 42.7 Å². The monoisotopic (exact) mass is 380 g/mol. The van der Waals surface area contributed by atoms with Gasteiger partial charge in [0, 0.05) is 35.6 Å². The third-order valence-corrected chi connectivity index (χ3v) is 4.02. The number of aromatic nitrogens is 3. The third kappa shape index (κ3) is 4.68. The normalized spacial score (nSPS) is 10.7. The molecule has 1 N–H and O–H groups in total. The van der Waals surface area contributed by atoms with E-state index in [9.17, 15) is 4.79 Å². The van der Waals surface area contributed by atoms with E-state index >= 15 is 0 Å². The Hall–Kier alpha value is -3.35. The highest BCUT2D eigenvalue weighted by Gasteiger charge is 2.14. The molecule has 2 aromatic heterocycles. The summed E-state index contributed by atoms with van der Waals surface area (Å²) >= 11 is 0. The molecule has 0 radical (unpaired) electrons. The van der Waals surface area contributed by atoms with Gasteiger partial charge >= 0.3 is 0 Å². The van der Waals surface area contributed by atoms with Gasteiger partial charge in [-0.3, -0.25) is 9.78 Å². The lowest BCUT2D eigenvalue weighted by molar-refractivity contribution is 0.102. The summed E-state index contributed by atoms with van der Waals surface area (Å²) in [6.45, 7) is 6.73. The average Bonchev–Trinajstić information content (AvgIpc) is 3.16. The van der Waals surface area contributed by atoms with Crippen molar-refractivity contribution in [3.05, 3.63) is 66.1 Å². The maximum Gasteiger partial charge on any atom is 0.256 e. The summed E-state index contributed by atoms with van der Waals surface area (Å²) in [5, 5.41) is 7.12. The predicted octanol–water partition coefficient (Wildman–Crippen LogP) is 4.09. The van der Waals surface area contributed by atoms with E-state index in [1.54, 1.807) is 47.5 Å². The predicted molar refractivity (Wildman–Crippen MR) is 107 cm³/mol. The number of nitrogens with one attached hydrogen (secondary N) is 1. The average molecular weight is 380 g/mol. The van der Waals surface area contributed by atoms with E-state index in [2.05, 4.69) is 15.4 Å². The molecule has 1 amide bonds. The maximum absolute atomic E-state index is 12.7. The molecule has 0 saturated heterocycles. The molecular formula is C21H24N4O3. The van der Waals surface area contributed by atoms with Crippen LogP contribution in [0.3, 0.4) is 0 Å². The molecule has 0 aliphatic rings. The number of hydrogen-bond acceptors (Lipinski definition) is 5. The lowest BCUT2D eigenvalue weighted by Gasteiger charge is -2.14. The molecular weight excluding hydrogens is 356 g/mol. The van der Waals surface area contributed by atoms with Crippen LogP contribution in [-0.4, -0.2) is 27.3 Å². The van der Waals surface area contributed by atoms with Gasteiger partial charge < -0.3 is 14.8 Å². The lowest BCUT2D eigenvalue weighted by atomic mass is 10.2. The molecule has 0 spiro atoms. The summed E-state index contributed by atoms with van der Waals surface area (Å²) in [6, 6.07) is 10.9. The lowest BCUT2D eigenvalue weighted by Crippen LogP contribution is -2.17. The number of amides is 1. The summed E-state index contributed by atoms with van der Waals surface area (Å²) in [5.74, 6) is 1.52. The van der Waals surface area contributed by atoms with Gasteiger partial charge in [0.15, 0.2) is 11.5 Å². The molecule has 2 heterocycles. The molecule has 0 unspecified atom stereocenters. The molecule has 7 nitrogen and oxygen atoms in total. The zero-order chi connectivity index (χ0) is 19.9. The van der Waals surface area contributed by atoms with Crippen molar-refractivity contribution in [2.45, 2.75) is 33.4 Å². The summed E-state index contributed by atoms with van der Waals surface area (Å²) in [6.07, 6.45) is 5.13. The number of hydrogen-bond donors (Lipinski definition) is 1. The number of anilines is 1. The van der Waals surface area contributed by atoms with Crippen LogP contribution in [0.4, 0.5) is 5.82 Å². The van der Waals surface area contributed by atoms with E-state index in [-0.39, 0.29) is 11.9 Å². The highest BCUT2D eigenvalue weighted by molar-refractivity contribution is 6.04. The van der Waals surface area contributed by atoms with Crippen LogP contribution in [-0.2, 0) is 6.61 Å². The van der Waals surface area contributed by atoms with Gasteiger partial charge in [-0.1, -0.05) is 6.07 Å². The van der Waals surface area contributed by atoms with Gasteiger partial charge in [-0.25, -0.2) is 4.68 Å². The molecule has 0 aliphatic heterocycles. The molecule has 0 saturated carbocycles. The number of ether oxygens (including phenoxy) is 2. The fourth-order valence-electron chi connectivity index (χ4n) is 2.69. The van der Waals surface area contributed by atoms with E-state index in [4.69, 9.17) is 9.47 Å². The van der Waals surface area contributed by atoms with Crippen molar-refractivity contribution in [2.24, 2.45) is 0 Å². The summed E-state index contributed by atoms with van der Waals surface area (Å²) < 4.78 is 13.3. The second-order valence-corrected chi connectivity index (χ2v) is 6.45. The van der Waals surface area contributed by atoms with Crippen LogP contribution in [0.25, 0.3) is 0 Å². The van der Waals surface area contributed by atoms with Crippen LogP contribution in [0.2, 0.25) is 0 Å². The van der Waals surface area contributed by atoms with Crippen molar-refractivity contribution >= 4 is 11.7 Å². The first-order valence-electron chi connectivity index (χ1n) is 9.22. The van der Waals surface area contributed by atoms with Gasteiger partial charge in [0.1, 0.15) is 12.4 Å². The number of benzene rings is 1. The van der Waals surface area contributed by atoms with Crippen molar-refractivity contribution in [3.8, 4) is 11.5 Å². The molecule has 1 aromatic carbocycles. The first-order valence-corrected chi connectivity index (χ1v) is 9.22. The summed E-state index contributed by atoms with van der Waals surface area (Å²) in [7, 11) is 0.